The quantitative estimate of drug-likeness (QED) is 0.618. The third-order valence-electron chi connectivity index (χ3n) is 4.97. The Morgan fingerprint density at radius 3 is 2.62 bits per heavy atom. The highest BCUT2D eigenvalue weighted by molar-refractivity contribution is 5.99. The van der Waals surface area contributed by atoms with Gasteiger partial charge >= 0.3 is 5.97 Å². The molecule has 0 saturated carbocycles. The molecule has 2 aliphatic heterocycles. The van der Waals surface area contributed by atoms with E-state index in [4.69, 9.17) is 4.74 Å². The molecule has 1 aromatic carbocycles. The van der Waals surface area contributed by atoms with Crippen LogP contribution in [-0.2, 0) is 14.3 Å². The number of rotatable bonds is 2. The summed E-state index contributed by atoms with van der Waals surface area (Å²) in [5.74, 6) is -1.07. The first kappa shape index (κ1) is 14.3. The van der Waals surface area contributed by atoms with Gasteiger partial charge in [-0.15, -0.1) is 0 Å². The van der Waals surface area contributed by atoms with Gasteiger partial charge in [0.05, 0.1) is 0 Å². The summed E-state index contributed by atoms with van der Waals surface area (Å²) in [7, 11) is 2.05. The predicted molar refractivity (Wildman–Crippen MR) is 78.6 cm³/mol. The normalized spacial score (nSPS) is 36.1. The van der Waals surface area contributed by atoms with Gasteiger partial charge in [-0.25, -0.2) is 0 Å². The number of carbonyl (C=O) groups is 2. The first-order chi connectivity index (χ1) is 9.92. The summed E-state index contributed by atoms with van der Waals surface area (Å²) < 4.78 is 5.58. The number of benzene rings is 1. The minimum Gasteiger partial charge on any atom is -0.457 e. The molecule has 4 nitrogen and oxygen atoms in total. The minimum absolute atomic E-state index is 0.0380. The van der Waals surface area contributed by atoms with Crippen LogP contribution in [0.5, 0.6) is 0 Å². The van der Waals surface area contributed by atoms with Gasteiger partial charge in [0.1, 0.15) is 17.3 Å². The van der Waals surface area contributed by atoms with Crippen molar-refractivity contribution < 1.29 is 14.3 Å². The highest BCUT2D eigenvalue weighted by Crippen LogP contribution is 2.48. The molecule has 0 aromatic heterocycles. The monoisotopic (exact) mass is 287 g/mol. The van der Waals surface area contributed by atoms with Crippen LogP contribution in [0.15, 0.2) is 30.3 Å². The van der Waals surface area contributed by atoms with Gasteiger partial charge in [0, 0.05) is 18.5 Å². The molecule has 2 fully saturated rings. The van der Waals surface area contributed by atoms with Crippen molar-refractivity contribution in [3.63, 3.8) is 0 Å². The minimum atomic E-state index is -0.602. The molecule has 0 N–H and O–H groups in total. The van der Waals surface area contributed by atoms with Gasteiger partial charge in [0.15, 0.2) is 0 Å². The molecule has 3 rings (SSSR count). The Hall–Kier alpha value is -1.68. The molecule has 0 bridgehead atoms. The summed E-state index contributed by atoms with van der Waals surface area (Å²) in [6, 6.07) is 10.5. The van der Waals surface area contributed by atoms with E-state index in [-0.39, 0.29) is 23.7 Å². The van der Waals surface area contributed by atoms with Crippen LogP contribution in [0.2, 0.25) is 0 Å². The van der Waals surface area contributed by atoms with Gasteiger partial charge in [-0.1, -0.05) is 30.3 Å². The van der Waals surface area contributed by atoms with Crippen LogP contribution >= 0.6 is 0 Å². The number of ketones is 1. The second-order valence-corrected chi connectivity index (χ2v) is 6.51. The predicted octanol–water partition coefficient (Wildman–Crippen LogP) is 2.20. The molecule has 2 saturated heterocycles. The molecule has 0 aliphatic carbocycles. The molecule has 4 heteroatoms. The summed E-state index contributed by atoms with van der Waals surface area (Å²) in [5, 5.41) is 0. The highest BCUT2D eigenvalue weighted by Gasteiger charge is 2.58. The van der Waals surface area contributed by atoms with Crippen LogP contribution in [0, 0.1) is 11.8 Å². The molecular weight excluding hydrogens is 266 g/mol. The van der Waals surface area contributed by atoms with Crippen LogP contribution in [-0.4, -0.2) is 35.8 Å². The molecule has 1 aromatic rings. The Labute approximate surface area is 125 Å². The van der Waals surface area contributed by atoms with Gasteiger partial charge in [-0.3, -0.25) is 14.5 Å². The first-order valence-corrected chi connectivity index (χ1v) is 7.41. The number of carbonyl (C=O) groups excluding carboxylic acids is 2. The van der Waals surface area contributed by atoms with E-state index in [0.29, 0.717) is 6.54 Å². The van der Waals surface area contributed by atoms with Gasteiger partial charge in [0.2, 0.25) is 0 Å². The van der Waals surface area contributed by atoms with Crippen LogP contribution < -0.4 is 0 Å². The van der Waals surface area contributed by atoms with E-state index in [0.717, 1.165) is 6.42 Å². The Kier molecular flexibility index (Phi) is 3.36. The van der Waals surface area contributed by atoms with E-state index < -0.39 is 11.5 Å². The van der Waals surface area contributed by atoms with Gasteiger partial charge < -0.3 is 4.74 Å². The lowest BCUT2D eigenvalue weighted by atomic mass is 9.72. The number of ether oxygens (including phenoxy) is 1. The average Bonchev–Trinajstić information content (AvgIpc) is 2.67. The number of piperidine rings is 1. The second kappa shape index (κ2) is 4.95. The van der Waals surface area contributed by atoms with E-state index in [1.54, 1.807) is 0 Å². The van der Waals surface area contributed by atoms with Crippen LogP contribution in [0.25, 0.3) is 0 Å². The lowest BCUT2D eigenvalue weighted by Crippen LogP contribution is -2.51. The number of hydrogen-bond acceptors (Lipinski definition) is 4. The summed E-state index contributed by atoms with van der Waals surface area (Å²) in [6.07, 6.45) is 0.771. The van der Waals surface area contributed by atoms with E-state index >= 15 is 0 Å². The van der Waals surface area contributed by atoms with Crippen LogP contribution in [0.3, 0.4) is 0 Å². The summed E-state index contributed by atoms with van der Waals surface area (Å²) >= 11 is 0. The van der Waals surface area contributed by atoms with Gasteiger partial charge in [-0.05, 0) is 32.9 Å². The highest BCUT2D eigenvalue weighted by atomic mass is 16.6. The van der Waals surface area contributed by atoms with E-state index in [1.165, 1.54) is 12.5 Å². The Morgan fingerprint density at radius 2 is 2.00 bits per heavy atom. The van der Waals surface area contributed by atoms with Gasteiger partial charge in [0.25, 0.3) is 0 Å². The second-order valence-electron chi connectivity index (χ2n) is 6.51. The third-order valence-corrected chi connectivity index (χ3v) is 4.97. The maximum absolute atomic E-state index is 12.1. The Bertz CT molecular complexity index is 571. The molecule has 112 valence electrons. The standard InChI is InChI=1S/C17H21NO3/c1-11(19)15-13-9-14(12-7-5-4-6-8-12)18(3)10-17(13,2)21-16(15)20/h4-8,13-15H,9-10H2,1-3H3/t13-,14-,15+,17+/m1/s1. The summed E-state index contributed by atoms with van der Waals surface area (Å²) in [6.45, 7) is 4.11. The first-order valence-electron chi connectivity index (χ1n) is 7.41. The number of likely N-dealkylation sites (tertiary alicyclic amines) is 1. The number of hydrogen-bond donors (Lipinski definition) is 0. The number of Topliss-reactive ketones (excluding diaryl/α,β-unsaturated/α-hetero) is 1. The van der Waals surface area contributed by atoms with Crippen molar-refractivity contribution in [2.24, 2.45) is 11.8 Å². The maximum Gasteiger partial charge on any atom is 0.317 e. The average molecular weight is 287 g/mol. The number of likely N-dealkylation sites (N-methyl/N-ethyl adjacent to an activating group) is 1. The lowest BCUT2D eigenvalue weighted by Gasteiger charge is -2.45. The number of fused-ring (bicyclic) bond motifs is 1. The Morgan fingerprint density at radius 1 is 1.33 bits per heavy atom. The van der Waals surface area contributed by atoms with Crippen LogP contribution in [0.1, 0.15) is 31.9 Å². The smallest absolute Gasteiger partial charge is 0.317 e. The molecule has 0 radical (unpaired) electrons. The van der Waals surface area contributed by atoms with Crippen molar-refractivity contribution in [3.05, 3.63) is 35.9 Å². The molecular formula is C17H21NO3. The lowest BCUT2D eigenvalue weighted by molar-refractivity contribution is -0.153. The van der Waals surface area contributed by atoms with Gasteiger partial charge in [-0.2, -0.15) is 0 Å². The fraction of sp³-hybridized carbons (Fsp3) is 0.529. The third kappa shape index (κ3) is 2.27. The fourth-order valence-electron chi connectivity index (χ4n) is 3.96. The van der Waals surface area contributed by atoms with Crippen molar-refractivity contribution in [1.82, 2.24) is 4.90 Å². The molecule has 4 atom stereocenters. The largest absolute Gasteiger partial charge is 0.457 e. The van der Waals surface area contributed by atoms with Crippen molar-refractivity contribution >= 4 is 11.8 Å². The molecule has 0 amide bonds. The number of esters is 1. The maximum atomic E-state index is 12.1. The van der Waals surface area contributed by atoms with Crippen molar-refractivity contribution in [3.8, 4) is 0 Å². The van der Waals surface area contributed by atoms with Crippen molar-refractivity contribution in [2.75, 3.05) is 13.6 Å². The fourth-order valence-corrected chi connectivity index (χ4v) is 3.96. The molecule has 0 unspecified atom stereocenters. The zero-order valence-corrected chi connectivity index (χ0v) is 12.7. The van der Waals surface area contributed by atoms with E-state index in [9.17, 15) is 9.59 Å². The molecule has 2 aliphatic rings. The zero-order chi connectivity index (χ0) is 15.2. The zero-order valence-electron chi connectivity index (χ0n) is 12.7. The molecule has 2 heterocycles. The Balaban J connectivity index is 1.93. The van der Waals surface area contributed by atoms with Crippen molar-refractivity contribution in [2.45, 2.75) is 31.9 Å². The van der Waals surface area contributed by atoms with E-state index in [2.05, 4.69) is 17.0 Å². The van der Waals surface area contributed by atoms with Crippen LogP contribution in [0.4, 0.5) is 0 Å². The SMILES string of the molecule is CC(=O)[C@@H]1C(=O)O[C@@]2(C)CN(C)[C@@H](c3ccccc3)C[C@H]12. The van der Waals surface area contributed by atoms with E-state index in [1.807, 2.05) is 32.2 Å². The van der Waals surface area contributed by atoms with Crippen molar-refractivity contribution in [1.29, 1.82) is 0 Å². The number of nitrogens with zero attached hydrogens (tertiary/aromatic N) is 1. The summed E-state index contributed by atoms with van der Waals surface area (Å²) in [4.78, 5) is 26.2. The molecule has 0 spiro atoms. The summed E-state index contributed by atoms with van der Waals surface area (Å²) in [5.41, 5.74) is 0.677. The topological polar surface area (TPSA) is 46.6 Å². The molecule has 21 heavy (non-hydrogen) atoms.